The molecular weight excluding hydrogens is 294 g/mol. The lowest BCUT2D eigenvalue weighted by molar-refractivity contribution is -0.127. The third kappa shape index (κ3) is 2.44. The number of urea groups is 1. The Morgan fingerprint density at radius 2 is 1.87 bits per heavy atom. The first-order valence-corrected chi connectivity index (χ1v) is 7.66. The summed E-state index contributed by atoms with van der Waals surface area (Å²) in [7, 11) is 3.31. The van der Waals surface area contributed by atoms with E-state index in [1.807, 2.05) is 38.1 Å². The van der Waals surface area contributed by atoms with E-state index in [9.17, 15) is 9.59 Å². The van der Waals surface area contributed by atoms with Crippen LogP contribution in [-0.2, 0) is 4.79 Å². The van der Waals surface area contributed by atoms with Crippen molar-refractivity contribution in [2.24, 2.45) is 0 Å². The number of methoxy groups -OCH3 is 1. The Bertz CT molecular complexity index is 679. The van der Waals surface area contributed by atoms with Gasteiger partial charge in [0.15, 0.2) is 0 Å². The summed E-state index contributed by atoms with van der Waals surface area (Å²) in [4.78, 5) is 28.4. The maximum absolute atomic E-state index is 12.8. The van der Waals surface area contributed by atoms with Crippen molar-refractivity contribution < 1.29 is 14.3 Å². The maximum atomic E-state index is 12.8. The van der Waals surface area contributed by atoms with Gasteiger partial charge in [0.25, 0.3) is 5.91 Å². The first-order valence-electron chi connectivity index (χ1n) is 7.66. The molecule has 0 fully saturated rings. The highest BCUT2D eigenvalue weighted by atomic mass is 16.5. The average molecular weight is 315 g/mol. The minimum Gasteiger partial charge on any atom is -0.497 e. The van der Waals surface area contributed by atoms with E-state index in [0.717, 1.165) is 17.0 Å². The Balaban J connectivity index is 2.02. The van der Waals surface area contributed by atoms with E-state index in [-0.39, 0.29) is 18.0 Å². The van der Waals surface area contributed by atoms with E-state index in [0.29, 0.717) is 12.1 Å². The summed E-state index contributed by atoms with van der Waals surface area (Å²) >= 11 is 0. The number of nitrogens with one attached hydrogen (secondary N) is 1. The van der Waals surface area contributed by atoms with Crippen LogP contribution in [0.3, 0.4) is 0 Å². The van der Waals surface area contributed by atoms with Crippen molar-refractivity contribution in [3.05, 3.63) is 41.1 Å². The Morgan fingerprint density at radius 3 is 2.43 bits per heavy atom. The number of rotatable bonds is 3. The molecule has 1 aromatic rings. The van der Waals surface area contributed by atoms with Gasteiger partial charge in [0.1, 0.15) is 5.75 Å². The molecule has 0 aliphatic carbocycles. The van der Waals surface area contributed by atoms with Gasteiger partial charge in [0.05, 0.1) is 31.0 Å². The minimum atomic E-state index is -0.421. The zero-order valence-electron chi connectivity index (χ0n) is 13.8. The zero-order valence-corrected chi connectivity index (χ0v) is 13.8. The topological polar surface area (TPSA) is 61.9 Å². The third-order valence-corrected chi connectivity index (χ3v) is 4.46. The van der Waals surface area contributed by atoms with Gasteiger partial charge in [-0.05, 0) is 31.5 Å². The highest BCUT2D eigenvalue weighted by molar-refractivity contribution is 6.01. The fourth-order valence-corrected chi connectivity index (χ4v) is 3.05. The first kappa shape index (κ1) is 15.4. The molecule has 6 heteroatoms. The summed E-state index contributed by atoms with van der Waals surface area (Å²) in [5, 5.41) is 2.92. The summed E-state index contributed by atoms with van der Waals surface area (Å²) < 4.78 is 5.17. The van der Waals surface area contributed by atoms with Crippen molar-refractivity contribution in [1.29, 1.82) is 0 Å². The SMILES string of the molecule is COc1ccc([C@H]2NC(=O)N(C)C3=C2C(=O)N(C(C)C)C3)cc1. The van der Waals surface area contributed by atoms with E-state index in [1.165, 1.54) is 4.90 Å². The first-order chi connectivity index (χ1) is 10.9. The van der Waals surface area contributed by atoms with Crippen LogP contribution in [0.15, 0.2) is 35.5 Å². The highest BCUT2D eigenvalue weighted by Crippen LogP contribution is 2.36. The quantitative estimate of drug-likeness (QED) is 0.926. The molecule has 0 spiro atoms. The van der Waals surface area contributed by atoms with Crippen molar-refractivity contribution in [1.82, 2.24) is 15.1 Å². The predicted molar refractivity (Wildman–Crippen MR) is 85.9 cm³/mol. The van der Waals surface area contributed by atoms with Gasteiger partial charge in [-0.3, -0.25) is 9.69 Å². The number of ether oxygens (including phenoxy) is 1. The smallest absolute Gasteiger partial charge is 0.322 e. The molecule has 122 valence electrons. The Morgan fingerprint density at radius 1 is 1.22 bits per heavy atom. The van der Waals surface area contributed by atoms with Gasteiger partial charge in [0, 0.05) is 13.1 Å². The number of likely N-dealkylation sites (N-methyl/N-ethyl adjacent to an activating group) is 1. The standard InChI is InChI=1S/C17H21N3O3/c1-10(2)20-9-13-14(16(20)21)15(18-17(22)19(13)3)11-5-7-12(23-4)8-6-11/h5-8,10,15H,9H2,1-4H3,(H,18,22)/t15-/m1/s1. The van der Waals surface area contributed by atoms with Gasteiger partial charge in [-0.15, -0.1) is 0 Å². The van der Waals surface area contributed by atoms with Crippen LogP contribution >= 0.6 is 0 Å². The molecule has 3 amide bonds. The number of hydrogen-bond donors (Lipinski definition) is 1. The molecule has 0 saturated heterocycles. The summed E-state index contributed by atoms with van der Waals surface area (Å²) in [6.45, 7) is 4.43. The second-order valence-corrected chi connectivity index (χ2v) is 6.10. The van der Waals surface area contributed by atoms with E-state index < -0.39 is 6.04 Å². The van der Waals surface area contributed by atoms with Crippen LogP contribution in [-0.4, -0.2) is 48.5 Å². The van der Waals surface area contributed by atoms with Gasteiger partial charge in [-0.1, -0.05) is 12.1 Å². The number of amides is 3. The second-order valence-electron chi connectivity index (χ2n) is 6.10. The van der Waals surface area contributed by atoms with Gasteiger partial charge in [0.2, 0.25) is 0 Å². The van der Waals surface area contributed by atoms with Crippen molar-refractivity contribution in [3.63, 3.8) is 0 Å². The van der Waals surface area contributed by atoms with E-state index in [4.69, 9.17) is 4.74 Å². The molecule has 3 rings (SSSR count). The lowest BCUT2D eigenvalue weighted by Crippen LogP contribution is -2.45. The van der Waals surface area contributed by atoms with Crippen molar-refractivity contribution in [3.8, 4) is 5.75 Å². The van der Waals surface area contributed by atoms with Crippen LogP contribution < -0.4 is 10.1 Å². The number of hydrogen-bond acceptors (Lipinski definition) is 3. The van der Waals surface area contributed by atoms with Crippen LogP contribution in [0.5, 0.6) is 5.75 Å². The predicted octanol–water partition coefficient (Wildman–Crippen LogP) is 1.90. The summed E-state index contributed by atoms with van der Waals surface area (Å²) in [6.07, 6.45) is 0. The van der Waals surface area contributed by atoms with Crippen LogP contribution in [0.25, 0.3) is 0 Å². The van der Waals surface area contributed by atoms with Gasteiger partial charge in [-0.2, -0.15) is 0 Å². The molecule has 2 aliphatic rings. The van der Waals surface area contributed by atoms with Gasteiger partial charge >= 0.3 is 6.03 Å². The van der Waals surface area contributed by atoms with E-state index in [1.54, 1.807) is 19.1 Å². The Kier molecular flexibility index (Phi) is 3.75. The molecule has 1 N–H and O–H groups in total. The van der Waals surface area contributed by atoms with Crippen LogP contribution in [0.1, 0.15) is 25.5 Å². The minimum absolute atomic E-state index is 0.0114. The lowest BCUT2D eigenvalue weighted by Gasteiger charge is -2.31. The molecule has 2 heterocycles. The van der Waals surface area contributed by atoms with Gasteiger partial charge < -0.3 is 15.0 Å². The maximum Gasteiger partial charge on any atom is 0.322 e. The fourth-order valence-electron chi connectivity index (χ4n) is 3.05. The van der Waals surface area contributed by atoms with Crippen LogP contribution in [0.2, 0.25) is 0 Å². The molecule has 23 heavy (non-hydrogen) atoms. The molecule has 1 aromatic carbocycles. The van der Waals surface area contributed by atoms with Crippen molar-refractivity contribution in [2.45, 2.75) is 25.9 Å². The van der Waals surface area contributed by atoms with Crippen molar-refractivity contribution in [2.75, 3.05) is 20.7 Å². The third-order valence-electron chi connectivity index (χ3n) is 4.46. The molecule has 0 bridgehead atoms. The highest BCUT2D eigenvalue weighted by Gasteiger charge is 2.43. The van der Waals surface area contributed by atoms with Crippen LogP contribution in [0.4, 0.5) is 4.79 Å². The largest absolute Gasteiger partial charge is 0.497 e. The Hall–Kier alpha value is -2.50. The molecule has 1 atom stereocenters. The number of carbonyl (C=O) groups is 2. The summed E-state index contributed by atoms with van der Waals surface area (Å²) in [5.41, 5.74) is 2.32. The number of nitrogens with zero attached hydrogens (tertiary/aromatic N) is 2. The fraction of sp³-hybridized carbons (Fsp3) is 0.412. The molecule has 0 saturated carbocycles. The molecule has 0 radical (unpaired) electrons. The molecule has 0 aromatic heterocycles. The molecule has 0 unspecified atom stereocenters. The Labute approximate surface area is 135 Å². The van der Waals surface area contributed by atoms with Gasteiger partial charge in [-0.25, -0.2) is 4.79 Å². The number of carbonyl (C=O) groups excluding carboxylic acids is 2. The average Bonchev–Trinajstić information content (AvgIpc) is 2.89. The summed E-state index contributed by atoms with van der Waals surface area (Å²) in [6, 6.07) is 6.90. The monoisotopic (exact) mass is 315 g/mol. The normalized spacial score (nSPS) is 21.0. The summed E-state index contributed by atoms with van der Waals surface area (Å²) in [5.74, 6) is 0.728. The zero-order chi connectivity index (χ0) is 16.7. The van der Waals surface area contributed by atoms with Crippen LogP contribution in [0, 0.1) is 0 Å². The second kappa shape index (κ2) is 5.61. The molecular formula is C17H21N3O3. The molecule has 6 nitrogen and oxygen atoms in total. The lowest BCUT2D eigenvalue weighted by atomic mass is 9.95. The van der Waals surface area contributed by atoms with E-state index in [2.05, 4.69) is 5.32 Å². The molecule has 2 aliphatic heterocycles. The number of benzene rings is 1. The van der Waals surface area contributed by atoms with E-state index >= 15 is 0 Å². The van der Waals surface area contributed by atoms with Crippen molar-refractivity contribution >= 4 is 11.9 Å².